The molecule has 2 aliphatic rings. The number of nitrogens with two attached hydrogens (primary N) is 1. The minimum absolute atomic E-state index is 0. The summed E-state index contributed by atoms with van der Waals surface area (Å²) in [5.41, 5.74) is 7.13. The maximum atomic E-state index is 10.4. The van der Waals surface area contributed by atoms with Crippen LogP contribution < -0.4 is 15.2 Å². The fourth-order valence-corrected chi connectivity index (χ4v) is 3.06. The van der Waals surface area contributed by atoms with Crippen molar-refractivity contribution in [2.45, 2.75) is 37.8 Å². The Hall–Kier alpha value is -0.970. The third-order valence-corrected chi connectivity index (χ3v) is 4.20. The van der Waals surface area contributed by atoms with Crippen molar-refractivity contribution in [3.05, 3.63) is 23.8 Å². The molecule has 0 bridgehead atoms. The van der Waals surface area contributed by atoms with Crippen molar-refractivity contribution in [1.29, 1.82) is 0 Å². The summed E-state index contributed by atoms with van der Waals surface area (Å²) >= 11 is 0. The second-order valence-corrected chi connectivity index (χ2v) is 5.46. The predicted molar refractivity (Wildman–Crippen MR) is 79.6 cm³/mol. The van der Waals surface area contributed by atoms with E-state index in [4.69, 9.17) is 15.2 Å². The molecule has 112 valence electrons. The molecule has 0 spiro atoms. The van der Waals surface area contributed by atoms with E-state index in [9.17, 15) is 5.11 Å². The molecule has 2 atom stereocenters. The Labute approximate surface area is 125 Å². The second-order valence-electron chi connectivity index (χ2n) is 5.46. The number of fused-ring (bicyclic) bond motifs is 1. The number of halogens is 1. The smallest absolute Gasteiger partial charge is 0.161 e. The molecule has 0 aromatic heterocycles. The highest BCUT2D eigenvalue weighted by Gasteiger charge is 2.29. The van der Waals surface area contributed by atoms with Gasteiger partial charge in [-0.2, -0.15) is 0 Å². The van der Waals surface area contributed by atoms with Gasteiger partial charge in [-0.1, -0.05) is 18.9 Å². The highest BCUT2D eigenvalue weighted by Crippen LogP contribution is 2.36. The van der Waals surface area contributed by atoms with Crippen LogP contribution in [0.4, 0.5) is 0 Å². The van der Waals surface area contributed by atoms with Gasteiger partial charge in [0.1, 0.15) is 13.2 Å². The van der Waals surface area contributed by atoms with Crippen molar-refractivity contribution in [2.24, 2.45) is 11.7 Å². The maximum absolute atomic E-state index is 10.4. The van der Waals surface area contributed by atoms with Gasteiger partial charge in [0.15, 0.2) is 11.5 Å². The number of benzene rings is 1. The second kappa shape index (κ2) is 6.66. The lowest BCUT2D eigenvalue weighted by Gasteiger charge is -2.26. The number of hydrogen-bond acceptors (Lipinski definition) is 4. The monoisotopic (exact) mass is 299 g/mol. The van der Waals surface area contributed by atoms with Gasteiger partial charge >= 0.3 is 0 Å². The van der Waals surface area contributed by atoms with Crippen LogP contribution in [0.5, 0.6) is 11.5 Å². The zero-order valence-corrected chi connectivity index (χ0v) is 12.3. The molecule has 5 heteroatoms. The third kappa shape index (κ3) is 3.03. The number of ether oxygens (including phenoxy) is 2. The Bertz CT molecular complexity index is 449. The average Bonchev–Trinajstić information content (AvgIpc) is 2.99. The van der Waals surface area contributed by atoms with Gasteiger partial charge in [-0.25, -0.2) is 0 Å². The standard InChI is InChI=1S/C15H21NO3.ClH/c16-14(15(17)10-3-1-2-4-10)11-5-6-12-13(9-11)19-8-7-18-12;/h5-6,9-10,14-15,17H,1-4,7-8,16H2;1H/t14-,15+;/m0./s1. The minimum atomic E-state index is -0.468. The summed E-state index contributed by atoms with van der Waals surface area (Å²) in [6.45, 7) is 1.15. The van der Waals surface area contributed by atoms with Crippen LogP contribution in [0.3, 0.4) is 0 Å². The molecule has 1 aliphatic carbocycles. The van der Waals surface area contributed by atoms with E-state index in [0.717, 1.165) is 29.9 Å². The van der Waals surface area contributed by atoms with E-state index in [1.165, 1.54) is 12.8 Å². The quantitative estimate of drug-likeness (QED) is 0.900. The van der Waals surface area contributed by atoms with Crippen molar-refractivity contribution in [2.75, 3.05) is 13.2 Å². The molecule has 20 heavy (non-hydrogen) atoms. The predicted octanol–water partition coefficient (Wildman–Crippen LogP) is 2.43. The van der Waals surface area contributed by atoms with E-state index in [2.05, 4.69) is 0 Å². The molecule has 0 saturated heterocycles. The Morgan fingerprint density at radius 2 is 1.75 bits per heavy atom. The van der Waals surface area contributed by atoms with E-state index < -0.39 is 6.10 Å². The molecular formula is C15H22ClNO3. The van der Waals surface area contributed by atoms with E-state index >= 15 is 0 Å². The number of aliphatic hydroxyl groups is 1. The number of hydrogen-bond donors (Lipinski definition) is 2. The molecule has 1 heterocycles. The van der Waals surface area contributed by atoms with E-state index in [1.54, 1.807) is 0 Å². The first-order chi connectivity index (χ1) is 9.25. The van der Waals surface area contributed by atoms with Crippen molar-refractivity contribution >= 4 is 12.4 Å². The third-order valence-electron chi connectivity index (χ3n) is 4.20. The van der Waals surface area contributed by atoms with Gasteiger partial charge in [-0.3, -0.25) is 0 Å². The largest absolute Gasteiger partial charge is 0.486 e. The average molecular weight is 300 g/mol. The highest BCUT2D eigenvalue weighted by molar-refractivity contribution is 5.85. The van der Waals surface area contributed by atoms with Gasteiger partial charge in [0, 0.05) is 0 Å². The van der Waals surface area contributed by atoms with Gasteiger partial charge < -0.3 is 20.3 Å². The summed E-state index contributed by atoms with van der Waals surface area (Å²) in [5, 5.41) is 10.4. The molecule has 4 nitrogen and oxygen atoms in total. The molecule has 3 N–H and O–H groups in total. The first-order valence-electron chi connectivity index (χ1n) is 7.09. The van der Waals surface area contributed by atoms with Crippen molar-refractivity contribution in [1.82, 2.24) is 0 Å². The SMILES string of the molecule is Cl.N[C@@H](c1ccc2c(c1)OCCO2)[C@H](O)C1CCCC1. The first kappa shape index (κ1) is 15.4. The summed E-state index contributed by atoms with van der Waals surface area (Å²) in [6.07, 6.45) is 4.11. The molecule has 1 aromatic carbocycles. The normalized spacial score (nSPS) is 21.1. The summed E-state index contributed by atoms with van der Waals surface area (Å²) < 4.78 is 11.0. The van der Waals surface area contributed by atoms with Crippen molar-refractivity contribution in [3.8, 4) is 11.5 Å². The zero-order valence-electron chi connectivity index (χ0n) is 11.5. The fraction of sp³-hybridized carbons (Fsp3) is 0.600. The first-order valence-corrected chi connectivity index (χ1v) is 7.09. The summed E-state index contributed by atoms with van der Waals surface area (Å²) in [4.78, 5) is 0. The van der Waals surface area contributed by atoms with E-state index in [-0.39, 0.29) is 18.4 Å². The Morgan fingerprint density at radius 1 is 1.10 bits per heavy atom. The summed E-state index contributed by atoms with van der Waals surface area (Å²) in [6, 6.07) is 5.36. The summed E-state index contributed by atoms with van der Waals surface area (Å²) in [5.74, 6) is 1.83. The van der Waals surface area contributed by atoms with Crippen LogP contribution in [0.1, 0.15) is 37.3 Å². The van der Waals surface area contributed by atoms with Crippen LogP contribution in [0.2, 0.25) is 0 Å². The Balaban J connectivity index is 0.00000147. The van der Waals surface area contributed by atoms with Crippen LogP contribution in [0, 0.1) is 5.92 Å². The summed E-state index contributed by atoms with van der Waals surface area (Å²) in [7, 11) is 0. The molecule has 0 radical (unpaired) electrons. The molecule has 1 saturated carbocycles. The van der Waals surface area contributed by atoms with Gasteiger partial charge in [-0.05, 0) is 36.5 Å². The van der Waals surface area contributed by atoms with Crippen LogP contribution in [0.25, 0.3) is 0 Å². The Morgan fingerprint density at radius 3 is 2.45 bits per heavy atom. The van der Waals surface area contributed by atoms with E-state index in [1.807, 2.05) is 18.2 Å². The molecule has 1 aliphatic heterocycles. The van der Waals surface area contributed by atoms with Gasteiger partial charge in [0.2, 0.25) is 0 Å². The topological polar surface area (TPSA) is 64.7 Å². The fourth-order valence-electron chi connectivity index (χ4n) is 3.06. The van der Waals surface area contributed by atoms with Crippen LogP contribution in [-0.4, -0.2) is 24.4 Å². The molecule has 0 amide bonds. The maximum Gasteiger partial charge on any atom is 0.161 e. The molecule has 0 unspecified atom stereocenters. The highest BCUT2D eigenvalue weighted by atomic mass is 35.5. The zero-order chi connectivity index (χ0) is 13.2. The number of aliphatic hydroxyl groups excluding tert-OH is 1. The van der Waals surface area contributed by atoms with Gasteiger partial charge in [-0.15, -0.1) is 12.4 Å². The molecule has 1 fully saturated rings. The minimum Gasteiger partial charge on any atom is -0.486 e. The van der Waals surface area contributed by atoms with Crippen LogP contribution in [0.15, 0.2) is 18.2 Å². The number of rotatable bonds is 3. The Kier molecular flexibility index (Phi) is 5.13. The lowest BCUT2D eigenvalue weighted by Crippen LogP contribution is -2.32. The van der Waals surface area contributed by atoms with Gasteiger partial charge in [0.25, 0.3) is 0 Å². The van der Waals surface area contributed by atoms with Gasteiger partial charge in [0.05, 0.1) is 12.1 Å². The molecule has 3 rings (SSSR count). The lowest BCUT2D eigenvalue weighted by molar-refractivity contribution is 0.0842. The van der Waals surface area contributed by atoms with Crippen LogP contribution >= 0.6 is 12.4 Å². The molecular weight excluding hydrogens is 278 g/mol. The van der Waals surface area contributed by atoms with E-state index in [0.29, 0.717) is 19.1 Å². The molecule has 1 aromatic rings. The van der Waals surface area contributed by atoms with Crippen molar-refractivity contribution in [3.63, 3.8) is 0 Å². The van der Waals surface area contributed by atoms with Crippen molar-refractivity contribution < 1.29 is 14.6 Å². The lowest BCUT2D eigenvalue weighted by atomic mass is 9.91. The van der Waals surface area contributed by atoms with Crippen LogP contribution in [-0.2, 0) is 0 Å².